The van der Waals surface area contributed by atoms with Crippen LogP contribution < -0.4 is 16.4 Å². The number of H-pyrrole nitrogens is 1. The molecule has 1 saturated carbocycles. The molecule has 24 heavy (non-hydrogen) atoms. The molecular formula is C17H20N4O3. The Labute approximate surface area is 138 Å². The minimum atomic E-state index is -0.556. The van der Waals surface area contributed by atoms with E-state index in [9.17, 15) is 14.4 Å². The van der Waals surface area contributed by atoms with Gasteiger partial charge in [0.25, 0.3) is 11.5 Å². The summed E-state index contributed by atoms with van der Waals surface area (Å²) >= 11 is 0. The molecule has 0 bridgehead atoms. The Balaban J connectivity index is 1.64. The van der Waals surface area contributed by atoms with Gasteiger partial charge in [-0.25, -0.2) is 5.10 Å². The molecule has 7 heteroatoms. The molecule has 7 nitrogen and oxygen atoms in total. The van der Waals surface area contributed by atoms with Gasteiger partial charge in [-0.05, 0) is 24.8 Å². The molecule has 0 saturated heterocycles. The van der Waals surface area contributed by atoms with Crippen molar-refractivity contribution in [3.8, 4) is 0 Å². The molecule has 0 radical (unpaired) electrons. The van der Waals surface area contributed by atoms with Crippen LogP contribution in [0.1, 0.15) is 49.0 Å². The number of benzene rings is 1. The molecule has 0 unspecified atom stereocenters. The highest BCUT2D eigenvalue weighted by Crippen LogP contribution is 2.25. The summed E-state index contributed by atoms with van der Waals surface area (Å²) in [7, 11) is 0. The second kappa shape index (κ2) is 7.25. The summed E-state index contributed by atoms with van der Waals surface area (Å²) in [5.74, 6) is -0.369. The molecule has 1 aliphatic rings. The van der Waals surface area contributed by atoms with E-state index in [0.29, 0.717) is 23.1 Å². The number of hydrogen-bond acceptors (Lipinski definition) is 4. The number of carbonyl (C=O) groups excluding carboxylic acids is 2. The highest BCUT2D eigenvalue weighted by molar-refractivity contribution is 6.05. The topological polar surface area (TPSA) is 104 Å². The lowest BCUT2D eigenvalue weighted by molar-refractivity contribution is -0.123. The van der Waals surface area contributed by atoms with E-state index < -0.39 is 5.91 Å². The van der Waals surface area contributed by atoms with Gasteiger partial charge >= 0.3 is 0 Å². The number of aromatic amines is 1. The smallest absolute Gasteiger partial charge is 0.273 e. The fraction of sp³-hybridized carbons (Fsp3) is 0.412. The van der Waals surface area contributed by atoms with E-state index in [0.717, 1.165) is 25.7 Å². The molecule has 3 rings (SSSR count). The van der Waals surface area contributed by atoms with E-state index >= 15 is 0 Å². The first kappa shape index (κ1) is 16.2. The van der Waals surface area contributed by atoms with Gasteiger partial charge in [0.05, 0.1) is 5.39 Å². The van der Waals surface area contributed by atoms with Crippen molar-refractivity contribution in [3.05, 3.63) is 40.3 Å². The standard InChI is InChI=1S/C17H20N4O3/c22-14(10-11-6-2-1-3-7-11)18-21-17(24)15-12-8-4-5-9-13(12)16(23)20-19-15/h4-5,8-9,11H,1-3,6-7,10H2,(H,18,22)(H,20,23)(H,21,24). The summed E-state index contributed by atoms with van der Waals surface area (Å²) in [5, 5.41) is 6.92. The second-order valence-electron chi connectivity index (χ2n) is 6.16. The zero-order valence-corrected chi connectivity index (χ0v) is 13.3. The van der Waals surface area contributed by atoms with Gasteiger partial charge in [0.2, 0.25) is 5.91 Å². The molecule has 0 spiro atoms. The zero-order valence-electron chi connectivity index (χ0n) is 13.3. The van der Waals surface area contributed by atoms with Crippen LogP contribution in [0.4, 0.5) is 0 Å². The average Bonchev–Trinajstić information content (AvgIpc) is 2.61. The average molecular weight is 328 g/mol. The van der Waals surface area contributed by atoms with Crippen LogP contribution in [0.15, 0.2) is 29.1 Å². The van der Waals surface area contributed by atoms with Gasteiger partial charge in [-0.1, -0.05) is 37.5 Å². The number of nitrogens with one attached hydrogen (secondary N) is 3. The Morgan fingerprint density at radius 1 is 1.08 bits per heavy atom. The molecule has 2 amide bonds. The monoisotopic (exact) mass is 328 g/mol. The van der Waals surface area contributed by atoms with Gasteiger partial charge in [-0.3, -0.25) is 25.2 Å². The first-order chi connectivity index (χ1) is 11.6. The normalized spacial score (nSPS) is 15.2. The van der Waals surface area contributed by atoms with Crippen molar-refractivity contribution >= 4 is 22.6 Å². The summed E-state index contributed by atoms with van der Waals surface area (Å²) in [6.45, 7) is 0. The quantitative estimate of drug-likeness (QED) is 0.745. The van der Waals surface area contributed by atoms with Crippen LogP contribution in [0.25, 0.3) is 10.8 Å². The van der Waals surface area contributed by atoms with Crippen molar-refractivity contribution in [1.29, 1.82) is 0 Å². The Hall–Kier alpha value is -2.70. The van der Waals surface area contributed by atoms with Gasteiger partial charge < -0.3 is 0 Å². The maximum Gasteiger partial charge on any atom is 0.290 e. The highest BCUT2D eigenvalue weighted by atomic mass is 16.2. The minimum Gasteiger partial charge on any atom is -0.273 e. The van der Waals surface area contributed by atoms with Crippen molar-refractivity contribution in [1.82, 2.24) is 21.0 Å². The minimum absolute atomic E-state index is 0.0724. The maximum absolute atomic E-state index is 12.3. The lowest BCUT2D eigenvalue weighted by Crippen LogP contribution is -2.43. The van der Waals surface area contributed by atoms with E-state index in [-0.39, 0.29) is 17.2 Å². The Morgan fingerprint density at radius 3 is 2.54 bits per heavy atom. The van der Waals surface area contributed by atoms with Crippen molar-refractivity contribution in [2.45, 2.75) is 38.5 Å². The molecule has 1 aromatic heterocycles. The summed E-state index contributed by atoms with van der Waals surface area (Å²) in [6.07, 6.45) is 6.11. The van der Waals surface area contributed by atoms with Crippen LogP contribution >= 0.6 is 0 Å². The van der Waals surface area contributed by atoms with Crippen LogP contribution in [0.5, 0.6) is 0 Å². The van der Waals surface area contributed by atoms with Crippen LogP contribution in [-0.4, -0.2) is 22.0 Å². The third kappa shape index (κ3) is 3.61. The SMILES string of the molecule is O=C(CC1CCCCC1)NNC(=O)c1n[nH]c(=O)c2ccccc12. The third-order valence-corrected chi connectivity index (χ3v) is 4.43. The molecule has 126 valence electrons. The first-order valence-corrected chi connectivity index (χ1v) is 8.22. The molecular weight excluding hydrogens is 308 g/mol. The van der Waals surface area contributed by atoms with Crippen molar-refractivity contribution in [2.75, 3.05) is 0 Å². The van der Waals surface area contributed by atoms with Crippen LogP contribution in [0, 0.1) is 5.92 Å². The Bertz CT molecular complexity index is 809. The number of aromatic nitrogens is 2. The molecule has 3 N–H and O–H groups in total. The van der Waals surface area contributed by atoms with Crippen molar-refractivity contribution < 1.29 is 9.59 Å². The fourth-order valence-electron chi connectivity index (χ4n) is 3.18. The van der Waals surface area contributed by atoms with Gasteiger partial charge in [0.15, 0.2) is 5.69 Å². The number of carbonyl (C=O) groups is 2. The maximum atomic E-state index is 12.3. The number of fused-ring (bicyclic) bond motifs is 1. The van der Waals surface area contributed by atoms with E-state index in [4.69, 9.17) is 0 Å². The van der Waals surface area contributed by atoms with Gasteiger partial charge in [0, 0.05) is 11.8 Å². The van der Waals surface area contributed by atoms with Crippen molar-refractivity contribution in [3.63, 3.8) is 0 Å². The zero-order chi connectivity index (χ0) is 16.9. The fourth-order valence-corrected chi connectivity index (χ4v) is 3.18. The number of hydrazine groups is 1. The summed E-state index contributed by atoms with van der Waals surface area (Å²) in [6, 6.07) is 6.71. The van der Waals surface area contributed by atoms with Crippen molar-refractivity contribution in [2.24, 2.45) is 5.92 Å². The van der Waals surface area contributed by atoms with Gasteiger partial charge in [-0.15, -0.1) is 0 Å². The number of hydrogen-bond donors (Lipinski definition) is 3. The van der Waals surface area contributed by atoms with Gasteiger partial charge in [-0.2, -0.15) is 5.10 Å². The van der Waals surface area contributed by atoms with Crippen LogP contribution in [0.3, 0.4) is 0 Å². The largest absolute Gasteiger partial charge is 0.290 e. The predicted molar refractivity (Wildman–Crippen MR) is 89.2 cm³/mol. The lowest BCUT2D eigenvalue weighted by Gasteiger charge is -2.20. The lowest BCUT2D eigenvalue weighted by atomic mass is 9.87. The van der Waals surface area contributed by atoms with Crippen LogP contribution in [-0.2, 0) is 4.79 Å². The summed E-state index contributed by atoms with van der Waals surface area (Å²) < 4.78 is 0. The molecule has 0 atom stereocenters. The Morgan fingerprint density at radius 2 is 1.79 bits per heavy atom. The third-order valence-electron chi connectivity index (χ3n) is 4.43. The molecule has 2 aromatic rings. The summed E-state index contributed by atoms with van der Waals surface area (Å²) in [5.41, 5.74) is 4.53. The molecule has 1 aliphatic carbocycles. The van der Waals surface area contributed by atoms with Crippen LogP contribution in [0.2, 0.25) is 0 Å². The molecule has 1 heterocycles. The highest BCUT2D eigenvalue weighted by Gasteiger charge is 2.18. The molecule has 0 aliphatic heterocycles. The molecule has 1 fully saturated rings. The number of nitrogens with zero attached hydrogens (tertiary/aromatic N) is 1. The summed E-state index contributed by atoms with van der Waals surface area (Å²) in [4.78, 5) is 35.9. The molecule has 1 aromatic carbocycles. The van der Waals surface area contributed by atoms with E-state index in [2.05, 4.69) is 21.0 Å². The Kier molecular flexibility index (Phi) is 4.88. The van der Waals surface area contributed by atoms with Gasteiger partial charge in [0.1, 0.15) is 0 Å². The number of amides is 2. The first-order valence-electron chi connectivity index (χ1n) is 8.22. The van der Waals surface area contributed by atoms with E-state index in [1.807, 2.05) is 0 Å². The van der Waals surface area contributed by atoms with E-state index in [1.54, 1.807) is 24.3 Å². The number of rotatable bonds is 3. The predicted octanol–water partition coefficient (Wildman–Crippen LogP) is 1.65. The van der Waals surface area contributed by atoms with E-state index in [1.165, 1.54) is 6.42 Å². The second-order valence-corrected chi connectivity index (χ2v) is 6.16.